The van der Waals surface area contributed by atoms with Crippen LogP contribution in [-0.4, -0.2) is 58.0 Å². The van der Waals surface area contributed by atoms with E-state index >= 15 is 0 Å². The second kappa shape index (κ2) is 9.06. The molecule has 0 aromatic heterocycles. The number of Topliss-reactive ketones (excluding diaryl/α,β-unsaturated/α-hetero) is 1. The number of carbonyl (C=O) groups excluding carboxylic acids is 3. The Labute approximate surface area is 152 Å². The highest BCUT2D eigenvalue weighted by Gasteiger charge is 2.35. The fourth-order valence-electron chi connectivity index (χ4n) is 2.31. The van der Waals surface area contributed by atoms with Crippen molar-refractivity contribution in [3.05, 3.63) is 0 Å². The van der Waals surface area contributed by atoms with Crippen LogP contribution < -0.4 is 11.1 Å². The monoisotopic (exact) mass is 370 g/mol. The maximum absolute atomic E-state index is 12.8. The van der Waals surface area contributed by atoms with Gasteiger partial charge < -0.3 is 20.7 Å². The van der Waals surface area contributed by atoms with Gasteiger partial charge in [-0.3, -0.25) is 9.59 Å². The molecule has 1 aliphatic heterocycles. The molecule has 8 nitrogen and oxygen atoms in total. The van der Waals surface area contributed by atoms with Crippen molar-refractivity contribution in [3.8, 4) is 6.07 Å². The Morgan fingerprint density at radius 2 is 2.08 bits per heavy atom. The first kappa shape index (κ1) is 21.3. The summed E-state index contributed by atoms with van der Waals surface area (Å²) in [5, 5.41) is 10.9. The molecule has 1 unspecified atom stereocenters. The Bertz CT molecular complexity index is 555. The molecule has 1 aliphatic rings. The molecule has 9 heteroatoms. The maximum Gasteiger partial charge on any atom is 0.408 e. The minimum Gasteiger partial charge on any atom is -0.444 e. The van der Waals surface area contributed by atoms with Gasteiger partial charge in [-0.1, -0.05) is 0 Å². The number of hydrogen-bond acceptors (Lipinski definition) is 7. The second-order valence-electron chi connectivity index (χ2n) is 6.88. The van der Waals surface area contributed by atoms with E-state index in [1.54, 1.807) is 20.8 Å². The van der Waals surface area contributed by atoms with Gasteiger partial charge in [-0.25, -0.2) is 4.79 Å². The first-order chi connectivity index (χ1) is 11.5. The average Bonchev–Trinajstić information content (AvgIpc) is 2.96. The Morgan fingerprint density at radius 1 is 1.44 bits per heavy atom. The predicted octanol–water partition coefficient (Wildman–Crippen LogP) is 1.00. The number of likely N-dealkylation sites (tertiary alicyclic amines) is 1. The molecule has 0 saturated carbocycles. The van der Waals surface area contributed by atoms with Crippen molar-refractivity contribution in [2.45, 2.75) is 63.6 Å². The van der Waals surface area contributed by atoms with Gasteiger partial charge in [0.1, 0.15) is 23.1 Å². The van der Waals surface area contributed by atoms with Crippen molar-refractivity contribution in [2.24, 2.45) is 5.73 Å². The number of nitrogens with zero attached hydrogens (tertiary/aromatic N) is 2. The van der Waals surface area contributed by atoms with Gasteiger partial charge in [0, 0.05) is 12.3 Å². The zero-order valence-corrected chi connectivity index (χ0v) is 15.9. The number of hydrogen-bond donors (Lipinski definition) is 2. The molecule has 0 radical (unpaired) electrons. The van der Waals surface area contributed by atoms with Crippen molar-refractivity contribution < 1.29 is 19.1 Å². The number of alkyl carbamates (subject to hydrolysis) is 1. The number of ether oxygens (including phenoxy) is 1. The summed E-state index contributed by atoms with van der Waals surface area (Å²) in [6, 6.07) is 0.684. The quantitative estimate of drug-likeness (QED) is 0.668. The second-order valence-corrected chi connectivity index (χ2v) is 8.06. The molecule has 2 amide bonds. The number of carbonyl (C=O) groups is 3. The van der Waals surface area contributed by atoms with Gasteiger partial charge in [0.25, 0.3) is 0 Å². The van der Waals surface area contributed by atoms with E-state index in [0.29, 0.717) is 13.0 Å². The van der Waals surface area contributed by atoms with Crippen molar-refractivity contribution >= 4 is 29.5 Å². The summed E-state index contributed by atoms with van der Waals surface area (Å²) in [4.78, 5) is 37.6. The summed E-state index contributed by atoms with van der Waals surface area (Å²) >= 11 is 1.08. The lowest BCUT2D eigenvalue weighted by Gasteiger charge is -2.28. The van der Waals surface area contributed by atoms with E-state index in [-0.39, 0.29) is 17.4 Å². The van der Waals surface area contributed by atoms with E-state index in [1.165, 1.54) is 11.8 Å². The fourth-order valence-corrected chi connectivity index (χ4v) is 3.17. The van der Waals surface area contributed by atoms with Crippen LogP contribution in [0.25, 0.3) is 0 Å². The lowest BCUT2D eigenvalue weighted by molar-refractivity contribution is -0.132. The van der Waals surface area contributed by atoms with Gasteiger partial charge in [0.15, 0.2) is 5.78 Å². The molecule has 0 aromatic rings. The fraction of sp³-hybridized carbons (Fsp3) is 0.750. The van der Waals surface area contributed by atoms with Crippen molar-refractivity contribution in [3.63, 3.8) is 0 Å². The predicted molar refractivity (Wildman–Crippen MR) is 94.6 cm³/mol. The van der Waals surface area contributed by atoms with Crippen molar-refractivity contribution in [1.29, 1.82) is 5.26 Å². The van der Waals surface area contributed by atoms with Crippen molar-refractivity contribution in [2.75, 3.05) is 12.3 Å². The number of ketones is 1. The molecule has 25 heavy (non-hydrogen) atoms. The Morgan fingerprint density at radius 3 is 2.60 bits per heavy atom. The normalized spacial score (nSPS) is 19.7. The standard InChI is InChI=1S/C16H26N4O4S/c1-10(21)13(18)25-9-12(19-15(23)24-16(2,3)4)14(22)20-7-5-6-11(20)8-17/h11-13H,5-7,9,18H2,1-4H3,(H,19,23)/t11-,12-,13?/m0/s1. The van der Waals surface area contributed by atoms with Crippen LogP contribution in [0.2, 0.25) is 0 Å². The Kier molecular flexibility index (Phi) is 7.70. The molecule has 1 heterocycles. The molecule has 1 saturated heterocycles. The van der Waals surface area contributed by atoms with Gasteiger partial charge in [-0.05, 0) is 40.5 Å². The Hall–Kier alpha value is -1.79. The van der Waals surface area contributed by atoms with Crippen LogP contribution in [0, 0.1) is 11.3 Å². The van der Waals surface area contributed by atoms with E-state index in [9.17, 15) is 14.4 Å². The number of amides is 2. The lowest BCUT2D eigenvalue weighted by atomic mass is 10.2. The molecular weight excluding hydrogens is 344 g/mol. The Balaban J connectivity index is 2.83. The third-order valence-corrected chi connectivity index (χ3v) is 4.73. The summed E-state index contributed by atoms with van der Waals surface area (Å²) in [5.41, 5.74) is 4.99. The number of thioether (sulfide) groups is 1. The summed E-state index contributed by atoms with van der Waals surface area (Å²) < 4.78 is 5.20. The molecule has 0 aromatic carbocycles. The SMILES string of the molecule is CC(=O)C(N)SC[C@H](NC(=O)OC(C)(C)C)C(=O)N1CCC[C@H]1C#N. The molecule has 3 atom stereocenters. The van der Waals surface area contributed by atoms with E-state index < -0.39 is 29.2 Å². The van der Waals surface area contributed by atoms with Crippen LogP contribution >= 0.6 is 11.8 Å². The minimum absolute atomic E-state index is 0.119. The molecule has 1 rings (SSSR count). The van der Waals surface area contributed by atoms with Crippen LogP contribution in [-0.2, 0) is 14.3 Å². The molecule has 1 fully saturated rings. The van der Waals surface area contributed by atoms with Gasteiger partial charge in [0.05, 0.1) is 6.07 Å². The number of rotatable bonds is 6. The molecular formula is C16H26N4O4S. The zero-order chi connectivity index (χ0) is 19.2. The van der Waals surface area contributed by atoms with E-state index in [4.69, 9.17) is 15.7 Å². The third kappa shape index (κ3) is 6.92. The van der Waals surface area contributed by atoms with Gasteiger partial charge >= 0.3 is 6.09 Å². The number of nitrogens with two attached hydrogens (primary N) is 1. The van der Waals surface area contributed by atoms with Gasteiger partial charge in [0.2, 0.25) is 5.91 Å². The molecule has 0 bridgehead atoms. The van der Waals surface area contributed by atoms with Gasteiger partial charge in [-0.2, -0.15) is 5.26 Å². The lowest BCUT2D eigenvalue weighted by Crippen LogP contribution is -2.52. The topological polar surface area (TPSA) is 126 Å². The minimum atomic E-state index is -0.917. The average molecular weight is 370 g/mol. The first-order valence-corrected chi connectivity index (χ1v) is 9.17. The van der Waals surface area contributed by atoms with Crippen LogP contribution in [0.5, 0.6) is 0 Å². The summed E-state index contributed by atoms with van der Waals surface area (Å²) in [6.07, 6.45) is 0.626. The van der Waals surface area contributed by atoms with E-state index in [2.05, 4.69) is 11.4 Å². The largest absolute Gasteiger partial charge is 0.444 e. The number of nitriles is 1. The highest BCUT2D eigenvalue weighted by Crippen LogP contribution is 2.19. The number of nitrogens with one attached hydrogen (secondary N) is 1. The highest BCUT2D eigenvalue weighted by atomic mass is 32.2. The molecule has 0 spiro atoms. The van der Waals surface area contributed by atoms with Gasteiger partial charge in [-0.15, -0.1) is 11.8 Å². The first-order valence-electron chi connectivity index (χ1n) is 8.12. The smallest absolute Gasteiger partial charge is 0.408 e. The van der Waals surface area contributed by atoms with E-state index in [1.807, 2.05) is 0 Å². The van der Waals surface area contributed by atoms with Crippen LogP contribution in [0.1, 0.15) is 40.5 Å². The van der Waals surface area contributed by atoms with E-state index in [0.717, 1.165) is 18.2 Å². The third-order valence-electron chi connectivity index (χ3n) is 3.52. The molecule has 0 aliphatic carbocycles. The van der Waals surface area contributed by atoms with Crippen molar-refractivity contribution in [1.82, 2.24) is 10.2 Å². The van der Waals surface area contributed by atoms with Crippen LogP contribution in [0.4, 0.5) is 4.79 Å². The summed E-state index contributed by atoms with van der Waals surface area (Å²) in [7, 11) is 0. The summed E-state index contributed by atoms with van der Waals surface area (Å²) in [6.45, 7) is 6.98. The maximum atomic E-state index is 12.8. The van der Waals surface area contributed by atoms with Crippen LogP contribution in [0.15, 0.2) is 0 Å². The molecule has 3 N–H and O–H groups in total. The van der Waals surface area contributed by atoms with Crippen LogP contribution in [0.3, 0.4) is 0 Å². The highest BCUT2D eigenvalue weighted by molar-refractivity contribution is 8.00. The summed E-state index contributed by atoms with van der Waals surface area (Å²) in [5.74, 6) is -0.462. The molecule has 140 valence electrons. The zero-order valence-electron chi connectivity index (χ0n) is 15.1.